The SMILES string of the molecule is CCCCC/C=C\C/C=C\CCCCCCCCCC(=O)OCC(COC1OC(C(=O)O)C(O)C(O)C1OC(=O)CCCCCCCCCCCCC)OC(=O)CCCCCCC/C=C\C/C=C\CCCCC. The first-order valence-electron chi connectivity index (χ1n) is 29.6. The number of carbonyl (C=O) groups excluding carboxylic acids is 3. The molecule has 0 aromatic carbocycles. The number of carbonyl (C=O) groups is 4. The number of hydrogen-bond acceptors (Lipinski definition) is 11. The number of esters is 3. The molecule has 1 saturated heterocycles. The maximum Gasteiger partial charge on any atom is 0.335 e. The summed E-state index contributed by atoms with van der Waals surface area (Å²) in [6.45, 7) is 5.92. The fourth-order valence-corrected chi connectivity index (χ4v) is 8.78. The van der Waals surface area contributed by atoms with E-state index >= 15 is 0 Å². The third-order valence-electron chi connectivity index (χ3n) is 13.4. The number of rotatable bonds is 50. The molecule has 73 heavy (non-hydrogen) atoms. The predicted octanol–water partition coefficient (Wildman–Crippen LogP) is 15.0. The first-order chi connectivity index (χ1) is 35.6. The van der Waals surface area contributed by atoms with Crippen LogP contribution in [-0.2, 0) is 42.9 Å². The highest BCUT2D eigenvalue weighted by atomic mass is 16.7. The Bertz CT molecular complexity index is 1460. The van der Waals surface area contributed by atoms with E-state index in [4.69, 9.17) is 23.7 Å². The van der Waals surface area contributed by atoms with Crippen molar-refractivity contribution in [3.63, 3.8) is 0 Å². The summed E-state index contributed by atoms with van der Waals surface area (Å²) in [6, 6.07) is 0. The van der Waals surface area contributed by atoms with Gasteiger partial charge in [0, 0.05) is 19.3 Å². The Hall–Kier alpha value is -3.32. The number of aliphatic hydroxyl groups excluding tert-OH is 2. The lowest BCUT2D eigenvalue weighted by Gasteiger charge is -2.40. The lowest BCUT2D eigenvalue weighted by molar-refractivity contribution is -0.301. The van der Waals surface area contributed by atoms with E-state index < -0.39 is 67.3 Å². The van der Waals surface area contributed by atoms with Crippen LogP contribution in [0, 0.1) is 0 Å². The summed E-state index contributed by atoms with van der Waals surface area (Å²) < 4.78 is 28.4. The molecular formula is C61H106O12. The third kappa shape index (κ3) is 39.7. The molecule has 1 aliphatic heterocycles. The lowest BCUT2D eigenvalue weighted by Crippen LogP contribution is -2.61. The number of carboxylic acids is 1. The van der Waals surface area contributed by atoms with Gasteiger partial charge in [-0.2, -0.15) is 0 Å². The van der Waals surface area contributed by atoms with Crippen LogP contribution in [0.5, 0.6) is 0 Å². The molecule has 422 valence electrons. The van der Waals surface area contributed by atoms with Crippen LogP contribution in [0.4, 0.5) is 0 Å². The van der Waals surface area contributed by atoms with E-state index in [9.17, 15) is 34.5 Å². The Morgan fingerprint density at radius 1 is 0.452 bits per heavy atom. The van der Waals surface area contributed by atoms with E-state index in [1.165, 1.54) is 96.3 Å². The normalized spacial score (nSPS) is 18.6. The molecule has 3 N–H and O–H groups in total. The van der Waals surface area contributed by atoms with Crippen LogP contribution in [-0.4, -0.2) is 89.2 Å². The van der Waals surface area contributed by atoms with Gasteiger partial charge in [0.05, 0.1) is 6.61 Å². The highest BCUT2D eigenvalue weighted by Gasteiger charge is 2.50. The smallest absolute Gasteiger partial charge is 0.335 e. The molecule has 0 bridgehead atoms. The molecule has 12 nitrogen and oxygen atoms in total. The molecule has 0 saturated carbocycles. The molecule has 0 spiro atoms. The Labute approximate surface area is 443 Å². The molecule has 0 aromatic rings. The van der Waals surface area contributed by atoms with Crippen molar-refractivity contribution >= 4 is 23.9 Å². The van der Waals surface area contributed by atoms with Gasteiger partial charge in [0.25, 0.3) is 0 Å². The molecule has 1 aliphatic rings. The number of allylic oxidation sites excluding steroid dienone is 8. The average molecular weight is 1030 g/mol. The third-order valence-corrected chi connectivity index (χ3v) is 13.4. The second kappa shape index (κ2) is 49.6. The van der Waals surface area contributed by atoms with Crippen molar-refractivity contribution in [1.82, 2.24) is 0 Å². The van der Waals surface area contributed by atoms with Gasteiger partial charge in [-0.25, -0.2) is 4.79 Å². The molecule has 6 atom stereocenters. The quantitative estimate of drug-likeness (QED) is 0.0228. The number of aliphatic hydroxyl groups is 2. The van der Waals surface area contributed by atoms with Gasteiger partial charge in [-0.3, -0.25) is 14.4 Å². The van der Waals surface area contributed by atoms with E-state index in [1.54, 1.807) is 0 Å². The first-order valence-corrected chi connectivity index (χ1v) is 29.6. The van der Waals surface area contributed by atoms with Crippen molar-refractivity contribution in [2.24, 2.45) is 0 Å². The van der Waals surface area contributed by atoms with Crippen LogP contribution in [0.3, 0.4) is 0 Å². The highest BCUT2D eigenvalue weighted by molar-refractivity contribution is 5.74. The van der Waals surface area contributed by atoms with Crippen LogP contribution in [0.25, 0.3) is 0 Å². The zero-order valence-electron chi connectivity index (χ0n) is 46.4. The molecule has 12 heteroatoms. The summed E-state index contributed by atoms with van der Waals surface area (Å²) >= 11 is 0. The van der Waals surface area contributed by atoms with Crippen molar-refractivity contribution < 1.29 is 58.2 Å². The highest BCUT2D eigenvalue weighted by Crippen LogP contribution is 2.26. The number of hydrogen-bond donors (Lipinski definition) is 3. The number of unbranched alkanes of at least 4 members (excludes halogenated alkanes) is 28. The van der Waals surface area contributed by atoms with Crippen LogP contribution < -0.4 is 0 Å². The van der Waals surface area contributed by atoms with E-state index in [0.717, 1.165) is 109 Å². The summed E-state index contributed by atoms with van der Waals surface area (Å²) in [4.78, 5) is 51.1. The van der Waals surface area contributed by atoms with Crippen LogP contribution >= 0.6 is 0 Å². The second-order valence-electron chi connectivity index (χ2n) is 20.3. The van der Waals surface area contributed by atoms with Gasteiger partial charge in [-0.1, -0.05) is 211 Å². The average Bonchev–Trinajstić information content (AvgIpc) is 3.37. The van der Waals surface area contributed by atoms with Crippen molar-refractivity contribution in [3.8, 4) is 0 Å². The summed E-state index contributed by atoms with van der Waals surface area (Å²) in [7, 11) is 0. The van der Waals surface area contributed by atoms with Crippen molar-refractivity contribution in [2.45, 2.75) is 302 Å². The standard InChI is InChI=1S/C61H106O12/c1-4-7-10-13-16-19-22-24-26-27-29-30-33-35-38-41-44-47-53(62)69-50-52(71-54(63)48-45-42-39-37-34-31-28-25-23-20-17-14-11-8-5-2)51-70-61-59(57(66)56(65)58(73-61)60(67)68)72-55(64)49-46-43-40-36-32-21-18-15-12-9-6-3/h16-17,19-20,24-26,28,52,56-59,61,65-66H,4-15,18,21-23,27,29-51H2,1-3H3,(H,67,68)/b19-16-,20-17-,26-24-,28-25-. The van der Waals surface area contributed by atoms with E-state index in [2.05, 4.69) is 69.4 Å². The van der Waals surface area contributed by atoms with Gasteiger partial charge in [-0.15, -0.1) is 0 Å². The first kappa shape index (κ1) is 67.7. The topological polar surface area (TPSA) is 175 Å². The van der Waals surface area contributed by atoms with E-state index in [-0.39, 0.29) is 25.9 Å². The zero-order chi connectivity index (χ0) is 53.3. The molecular weight excluding hydrogens is 925 g/mol. The summed E-state index contributed by atoms with van der Waals surface area (Å²) in [5, 5.41) is 31.4. The fourth-order valence-electron chi connectivity index (χ4n) is 8.78. The predicted molar refractivity (Wildman–Crippen MR) is 294 cm³/mol. The summed E-state index contributed by atoms with van der Waals surface area (Å²) in [5.74, 6) is -3.13. The molecule has 0 radical (unpaired) electrons. The molecule has 6 unspecified atom stereocenters. The second-order valence-corrected chi connectivity index (χ2v) is 20.3. The molecule has 0 aromatic heterocycles. The number of ether oxygens (including phenoxy) is 5. The van der Waals surface area contributed by atoms with Gasteiger partial charge < -0.3 is 39.0 Å². The lowest BCUT2D eigenvalue weighted by atomic mass is 9.98. The fraction of sp³-hybridized carbons (Fsp3) is 0.803. The van der Waals surface area contributed by atoms with Crippen molar-refractivity contribution in [2.75, 3.05) is 13.2 Å². The Balaban J connectivity index is 2.70. The Morgan fingerprint density at radius 2 is 0.822 bits per heavy atom. The Kier molecular flexibility index (Phi) is 45.9. The summed E-state index contributed by atoms with van der Waals surface area (Å²) in [6.07, 6.45) is 46.5. The van der Waals surface area contributed by atoms with Crippen molar-refractivity contribution in [1.29, 1.82) is 0 Å². The van der Waals surface area contributed by atoms with Crippen molar-refractivity contribution in [3.05, 3.63) is 48.6 Å². The van der Waals surface area contributed by atoms with Gasteiger partial charge in [0.2, 0.25) is 0 Å². The monoisotopic (exact) mass is 1030 g/mol. The number of aliphatic carboxylic acids is 1. The van der Waals surface area contributed by atoms with E-state index in [0.29, 0.717) is 19.3 Å². The molecule has 0 amide bonds. The molecule has 1 heterocycles. The molecule has 1 fully saturated rings. The maximum atomic E-state index is 13.1. The van der Waals surface area contributed by atoms with Crippen LogP contribution in [0.15, 0.2) is 48.6 Å². The van der Waals surface area contributed by atoms with Gasteiger partial charge in [0.1, 0.15) is 18.8 Å². The minimum Gasteiger partial charge on any atom is -0.479 e. The molecule has 0 aliphatic carbocycles. The van der Waals surface area contributed by atoms with Gasteiger partial charge >= 0.3 is 23.9 Å². The summed E-state index contributed by atoms with van der Waals surface area (Å²) in [5.41, 5.74) is 0. The Morgan fingerprint density at radius 3 is 1.26 bits per heavy atom. The minimum atomic E-state index is -1.90. The van der Waals surface area contributed by atoms with Crippen LogP contribution in [0.1, 0.15) is 265 Å². The van der Waals surface area contributed by atoms with E-state index in [1.807, 2.05) is 0 Å². The molecule has 1 rings (SSSR count). The zero-order valence-corrected chi connectivity index (χ0v) is 46.4. The minimum absolute atomic E-state index is 0.0609. The maximum absolute atomic E-state index is 13.1. The largest absolute Gasteiger partial charge is 0.479 e. The van der Waals surface area contributed by atoms with Gasteiger partial charge in [-0.05, 0) is 83.5 Å². The van der Waals surface area contributed by atoms with Gasteiger partial charge in [0.15, 0.2) is 24.6 Å². The van der Waals surface area contributed by atoms with Crippen LogP contribution in [0.2, 0.25) is 0 Å². The number of carboxylic acid groups (broad SMARTS) is 1.